The van der Waals surface area contributed by atoms with Crippen molar-refractivity contribution in [2.75, 3.05) is 0 Å². The van der Waals surface area contributed by atoms with E-state index in [0.717, 1.165) is 12.5 Å². The molecule has 0 aliphatic rings. The van der Waals surface area contributed by atoms with Gasteiger partial charge in [-0.15, -0.1) is 0 Å². The van der Waals surface area contributed by atoms with Crippen LogP contribution in [0.5, 0.6) is 0 Å². The van der Waals surface area contributed by atoms with Gasteiger partial charge in [-0.05, 0) is 40.6 Å². The van der Waals surface area contributed by atoms with Gasteiger partial charge in [-0.2, -0.15) is 0 Å². The van der Waals surface area contributed by atoms with E-state index >= 15 is 0 Å². The first-order chi connectivity index (χ1) is 4.84. The molecular formula is C8H8ISi. The zero-order valence-electron chi connectivity index (χ0n) is 5.60. The molecule has 0 heterocycles. The summed E-state index contributed by atoms with van der Waals surface area (Å²) in [6.07, 6.45) is 1.12. The van der Waals surface area contributed by atoms with Crippen molar-refractivity contribution in [2.24, 2.45) is 0 Å². The molecule has 0 fully saturated rings. The average molecular weight is 259 g/mol. The third-order valence-electron chi connectivity index (χ3n) is 1.35. The van der Waals surface area contributed by atoms with Gasteiger partial charge in [0.1, 0.15) is 0 Å². The highest BCUT2D eigenvalue weighted by Crippen LogP contribution is 2.12. The van der Waals surface area contributed by atoms with Gasteiger partial charge in [0.15, 0.2) is 0 Å². The molecule has 0 nitrogen and oxygen atoms in total. The lowest BCUT2D eigenvalue weighted by Crippen LogP contribution is -1.86. The third kappa shape index (κ3) is 2.09. The van der Waals surface area contributed by atoms with E-state index in [-0.39, 0.29) is 0 Å². The van der Waals surface area contributed by atoms with Gasteiger partial charge in [0, 0.05) is 13.8 Å². The van der Waals surface area contributed by atoms with Gasteiger partial charge >= 0.3 is 0 Å². The molecule has 1 aromatic rings. The van der Waals surface area contributed by atoms with E-state index in [2.05, 4.69) is 57.1 Å². The normalized spacial score (nSPS) is 9.80. The molecular weight excluding hydrogens is 251 g/mol. The fourth-order valence-corrected chi connectivity index (χ4v) is 1.76. The summed E-state index contributed by atoms with van der Waals surface area (Å²) >= 11 is 2.36. The Morgan fingerprint density at radius 2 is 2.00 bits per heavy atom. The van der Waals surface area contributed by atoms with Crippen LogP contribution in [0.1, 0.15) is 5.56 Å². The highest BCUT2D eigenvalue weighted by molar-refractivity contribution is 14.1. The standard InChI is InChI=1S/C8H8ISi/c9-8-4-2-1-3-7(8)5-6-10/h1-4H,5-6H2. The molecule has 0 aromatic heterocycles. The van der Waals surface area contributed by atoms with Gasteiger partial charge in [0.05, 0.1) is 0 Å². The van der Waals surface area contributed by atoms with Crippen molar-refractivity contribution < 1.29 is 0 Å². The monoisotopic (exact) mass is 259 g/mol. The van der Waals surface area contributed by atoms with Crippen LogP contribution in [0.15, 0.2) is 24.3 Å². The van der Waals surface area contributed by atoms with Crippen LogP contribution in [0.25, 0.3) is 0 Å². The van der Waals surface area contributed by atoms with E-state index in [4.69, 9.17) is 0 Å². The predicted molar refractivity (Wildman–Crippen MR) is 53.4 cm³/mol. The van der Waals surface area contributed by atoms with Crippen molar-refractivity contribution in [2.45, 2.75) is 12.5 Å². The summed E-state index contributed by atoms with van der Waals surface area (Å²) in [5.74, 6) is 0. The Balaban J connectivity index is 2.81. The van der Waals surface area contributed by atoms with Crippen LogP contribution in [0.2, 0.25) is 6.04 Å². The number of hydrogen-bond acceptors (Lipinski definition) is 0. The van der Waals surface area contributed by atoms with Gasteiger partial charge < -0.3 is 0 Å². The minimum absolute atomic E-state index is 1.04. The van der Waals surface area contributed by atoms with Crippen molar-refractivity contribution in [3.05, 3.63) is 33.4 Å². The second-order valence-corrected chi connectivity index (χ2v) is 3.75. The minimum atomic E-state index is 1.04. The van der Waals surface area contributed by atoms with E-state index in [9.17, 15) is 0 Å². The van der Waals surface area contributed by atoms with Crippen LogP contribution >= 0.6 is 22.6 Å². The number of benzene rings is 1. The van der Waals surface area contributed by atoms with Crippen LogP contribution in [-0.4, -0.2) is 10.2 Å². The van der Waals surface area contributed by atoms with E-state index in [1.165, 1.54) is 9.13 Å². The summed E-state index contributed by atoms with van der Waals surface area (Å²) in [6.45, 7) is 0. The fourth-order valence-electron chi connectivity index (χ4n) is 0.836. The minimum Gasteiger partial charge on any atom is -0.0619 e. The first-order valence-electron chi connectivity index (χ1n) is 3.22. The molecule has 0 aliphatic heterocycles. The van der Waals surface area contributed by atoms with Crippen molar-refractivity contribution in [1.29, 1.82) is 0 Å². The van der Waals surface area contributed by atoms with E-state index in [1.807, 2.05) is 0 Å². The van der Waals surface area contributed by atoms with E-state index in [1.54, 1.807) is 0 Å². The zero-order valence-corrected chi connectivity index (χ0v) is 8.76. The maximum atomic E-state index is 3.46. The molecule has 51 valence electrons. The number of halogens is 1. The second kappa shape index (κ2) is 4.13. The molecule has 2 heteroatoms. The summed E-state index contributed by atoms with van der Waals surface area (Å²) < 4.78 is 1.36. The zero-order chi connectivity index (χ0) is 7.40. The van der Waals surface area contributed by atoms with Gasteiger partial charge in [0.2, 0.25) is 0 Å². The molecule has 0 amide bonds. The Hall–Kier alpha value is 0.167. The smallest absolute Gasteiger partial charge is 0.0225 e. The number of aryl methyl sites for hydroxylation is 1. The van der Waals surface area contributed by atoms with Crippen LogP contribution in [0, 0.1) is 3.57 Å². The summed E-state index contributed by atoms with van der Waals surface area (Å²) in [6, 6.07) is 9.50. The molecule has 0 unspecified atom stereocenters. The Morgan fingerprint density at radius 1 is 1.30 bits per heavy atom. The second-order valence-electron chi connectivity index (χ2n) is 2.09. The summed E-state index contributed by atoms with van der Waals surface area (Å²) in [5.41, 5.74) is 1.43. The SMILES string of the molecule is [Si]CCc1ccccc1I. The van der Waals surface area contributed by atoms with Gasteiger partial charge in [0.25, 0.3) is 0 Å². The molecule has 0 saturated carbocycles. The van der Waals surface area contributed by atoms with E-state index < -0.39 is 0 Å². The molecule has 1 aromatic carbocycles. The van der Waals surface area contributed by atoms with Gasteiger partial charge in [-0.3, -0.25) is 0 Å². The molecule has 10 heavy (non-hydrogen) atoms. The molecule has 0 saturated heterocycles. The topological polar surface area (TPSA) is 0 Å². The largest absolute Gasteiger partial charge is 0.0619 e. The summed E-state index contributed by atoms with van der Waals surface area (Å²) in [7, 11) is 3.46. The highest BCUT2D eigenvalue weighted by Gasteiger charge is 1.94. The molecule has 0 atom stereocenters. The van der Waals surface area contributed by atoms with Crippen molar-refractivity contribution in [1.82, 2.24) is 0 Å². The first-order valence-corrected chi connectivity index (χ1v) is 5.01. The molecule has 1 rings (SSSR count). The van der Waals surface area contributed by atoms with E-state index in [0.29, 0.717) is 0 Å². The Kier molecular flexibility index (Phi) is 3.41. The van der Waals surface area contributed by atoms with Crippen LogP contribution < -0.4 is 0 Å². The lowest BCUT2D eigenvalue weighted by Gasteiger charge is -1.99. The summed E-state index contributed by atoms with van der Waals surface area (Å²) in [5, 5.41) is 0. The molecule has 0 N–H and O–H groups in total. The Labute approximate surface area is 78.6 Å². The predicted octanol–water partition coefficient (Wildman–Crippen LogP) is 2.42. The van der Waals surface area contributed by atoms with Crippen molar-refractivity contribution >= 4 is 32.8 Å². The molecule has 3 radical (unpaired) electrons. The van der Waals surface area contributed by atoms with Gasteiger partial charge in [-0.1, -0.05) is 24.2 Å². The van der Waals surface area contributed by atoms with Crippen molar-refractivity contribution in [3.8, 4) is 0 Å². The third-order valence-corrected chi connectivity index (χ3v) is 2.65. The molecule has 0 aliphatic carbocycles. The lowest BCUT2D eigenvalue weighted by atomic mass is 10.2. The van der Waals surface area contributed by atoms with Crippen LogP contribution in [-0.2, 0) is 6.42 Å². The number of hydrogen-bond donors (Lipinski definition) is 0. The maximum absolute atomic E-state index is 3.46. The van der Waals surface area contributed by atoms with Crippen LogP contribution in [0.3, 0.4) is 0 Å². The van der Waals surface area contributed by atoms with Crippen LogP contribution in [0.4, 0.5) is 0 Å². The lowest BCUT2D eigenvalue weighted by molar-refractivity contribution is 1.12. The molecule has 0 spiro atoms. The van der Waals surface area contributed by atoms with Gasteiger partial charge in [-0.25, -0.2) is 0 Å². The molecule has 0 bridgehead atoms. The number of rotatable bonds is 2. The maximum Gasteiger partial charge on any atom is 0.0225 e. The Bertz CT molecular complexity index is 210. The average Bonchev–Trinajstić information content (AvgIpc) is 1.94. The fraction of sp³-hybridized carbons (Fsp3) is 0.250. The first kappa shape index (κ1) is 8.27. The highest BCUT2D eigenvalue weighted by atomic mass is 127. The quantitative estimate of drug-likeness (QED) is 0.565. The Morgan fingerprint density at radius 3 is 2.60 bits per heavy atom. The summed E-state index contributed by atoms with van der Waals surface area (Å²) in [4.78, 5) is 0. The van der Waals surface area contributed by atoms with Crippen molar-refractivity contribution in [3.63, 3.8) is 0 Å².